The van der Waals surface area contributed by atoms with Crippen LogP contribution in [0.5, 0.6) is 0 Å². The van der Waals surface area contributed by atoms with Gasteiger partial charge in [0.15, 0.2) is 0 Å². The van der Waals surface area contributed by atoms with Crippen LogP contribution in [0.1, 0.15) is 40.2 Å². The quantitative estimate of drug-likeness (QED) is 0.303. The minimum atomic E-state index is -0.407. The lowest BCUT2D eigenvalue weighted by Crippen LogP contribution is -2.11. The van der Waals surface area contributed by atoms with E-state index in [1.165, 1.54) is 7.11 Å². The van der Waals surface area contributed by atoms with Gasteiger partial charge in [0, 0.05) is 29.7 Å². The summed E-state index contributed by atoms with van der Waals surface area (Å²) in [5.41, 5.74) is 2.55. The zero-order chi connectivity index (χ0) is 23.8. The molecule has 0 fully saturated rings. The van der Waals surface area contributed by atoms with Crippen molar-refractivity contribution >= 4 is 28.9 Å². The molecule has 7 nitrogen and oxygen atoms in total. The van der Waals surface area contributed by atoms with Gasteiger partial charge in [-0.3, -0.25) is 4.79 Å². The smallest absolute Gasteiger partial charge is 0.337 e. The summed E-state index contributed by atoms with van der Waals surface area (Å²) in [7, 11) is 1.34. The van der Waals surface area contributed by atoms with Crippen LogP contribution in [0.3, 0.4) is 0 Å². The molecule has 2 aromatic heterocycles. The van der Waals surface area contributed by atoms with Gasteiger partial charge in [0.2, 0.25) is 17.6 Å². The van der Waals surface area contributed by atoms with E-state index >= 15 is 0 Å². The highest BCUT2D eigenvalue weighted by Gasteiger charge is 2.10. The van der Waals surface area contributed by atoms with Crippen molar-refractivity contribution in [1.82, 2.24) is 10.1 Å². The lowest BCUT2D eigenvalue weighted by Gasteiger charge is -2.05. The SMILES string of the molecule is COC(=O)c1cccc(C#Cc2cccc(NC(=O)CCCc3nc(-c4cccs4)no3)c2)c1. The number of nitrogens with one attached hydrogen (secondary N) is 1. The molecular formula is C26H21N3O4S. The van der Waals surface area contributed by atoms with E-state index in [2.05, 4.69) is 27.3 Å². The molecule has 1 N–H and O–H groups in total. The second-order valence-electron chi connectivity index (χ2n) is 7.29. The average Bonchev–Trinajstić information content (AvgIpc) is 3.55. The highest BCUT2D eigenvalue weighted by atomic mass is 32.1. The van der Waals surface area contributed by atoms with Crippen LogP contribution in [0.15, 0.2) is 70.6 Å². The molecule has 34 heavy (non-hydrogen) atoms. The van der Waals surface area contributed by atoms with Crippen LogP contribution in [-0.2, 0) is 16.0 Å². The van der Waals surface area contributed by atoms with Crippen molar-refractivity contribution in [2.24, 2.45) is 0 Å². The fourth-order valence-electron chi connectivity index (χ4n) is 3.15. The molecule has 2 aromatic carbocycles. The number of aromatic nitrogens is 2. The van der Waals surface area contributed by atoms with Gasteiger partial charge in [-0.25, -0.2) is 4.79 Å². The highest BCUT2D eigenvalue weighted by molar-refractivity contribution is 7.13. The molecular weight excluding hydrogens is 450 g/mol. The second-order valence-corrected chi connectivity index (χ2v) is 8.24. The van der Waals surface area contributed by atoms with E-state index in [1.807, 2.05) is 41.8 Å². The number of thiophene rings is 1. The van der Waals surface area contributed by atoms with Gasteiger partial charge in [-0.1, -0.05) is 35.2 Å². The number of carbonyl (C=O) groups is 2. The van der Waals surface area contributed by atoms with Gasteiger partial charge in [0.1, 0.15) is 0 Å². The molecule has 0 saturated carbocycles. The third-order valence-corrected chi connectivity index (χ3v) is 5.65. The summed E-state index contributed by atoms with van der Waals surface area (Å²) >= 11 is 1.55. The zero-order valence-corrected chi connectivity index (χ0v) is 19.2. The third kappa shape index (κ3) is 6.18. The Balaban J connectivity index is 1.30. The molecule has 0 unspecified atom stereocenters. The number of carbonyl (C=O) groups excluding carboxylic acids is 2. The Hall–Kier alpha value is -4.22. The van der Waals surface area contributed by atoms with Crippen molar-refractivity contribution in [1.29, 1.82) is 0 Å². The lowest BCUT2D eigenvalue weighted by molar-refractivity contribution is -0.116. The number of methoxy groups -OCH3 is 1. The van der Waals surface area contributed by atoms with E-state index in [9.17, 15) is 9.59 Å². The third-order valence-electron chi connectivity index (χ3n) is 4.79. The van der Waals surface area contributed by atoms with Crippen LogP contribution in [0.4, 0.5) is 5.69 Å². The minimum Gasteiger partial charge on any atom is -0.465 e. The zero-order valence-electron chi connectivity index (χ0n) is 18.4. The van der Waals surface area contributed by atoms with Crippen LogP contribution in [0.25, 0.3) is 10.7 Å². The fourth-order valence-corrected chi connectivity index (χ4v) is 3.80. The van der Waals surface area contributed by atoms with Crippen LogP contribution in [0, 0.1) is 11.8 Å². The van der Waals surface area contributed by atoms with E-state index in [1.54, 1.807) is 35.6 Å². The van der Waals surface area contributed by atoms with Gasteiger partial charge in [0.25, 0.3) is 0 Å². The highest BCUT2D eigenvalue weighted by Crippen LogP contribution is 2.21. The maximum absolute atomic E-state index is 12.4. The van der Waals surface area contributed by atoms with E-state index in [-0.39, 0.29) is 5.91 Å². The van der Waals surface area contributed by atoms with Gasteiger partial charge in [-0.2, -0.15) is 4.98 Å². The number of hydrogen-bond acceptors (Lipinski definition) is 7. The Morgan fingerprint density at radius 1 is 1.06 bits per heavy atom. The molecule has 0 radical (unpaired) electrons. The van der Waals surface area contributed by atoms with Gasteiger partial charge in [-0.15, -0.1) is 11.3 Å². The average molecular weight is 472 g/mol. The molecule has 0 spiro atoms. The van der Waals surface area contributed by atoms with Crippen LogP contribution in [0.2, 0.25) is 0 Å². The summed E-state index contributed by atoms with van der Waals surface area (Å²) in [6, 6.07) is 18.1. The first-order chi connectivity index (χ1) is 16.6. The largest absolute Gasteiger partial charge is 0.465 e. The molecule has 0 aliphatic carbocycles. The monoisotopic (exact) mass is 471 g/mol. The van der Waals surface area contributed by atoms with Gasteiger partial charge >= 0.3 is 5.97 Å². The van der Waals surface area contributed by atoms with E-state index in [0.717, 1.165) is 10.4 Å². The van der Waals surface area contributed by atoms with Crippen LogP contribution < -0.4 is 5.32 Å². The van der Waals surface area contributed by atoms with Gasteiger partial charge in [0.05, 0.1) is 17.6 Å². The van der Waals surface area contributed by atoms with Crippen molar-refractivity contribution in [2.75, 3.05) is 12.4 Å². The Kier molecular flexibility index (Phi) is 7.48. The standard InChI is InChI=1S/C26H21N3O4S/c1-32-26(31)20-8-2-6-18(16-20)13-14-19-7-3-9-21(17-19)27-23(30)11-4-12-24-28-25(29-33-24)22-10-5-15-34-22/h2-3,5-10,15-17H,4,11-12H2,1H3,(H,27,30). The Morgan fingerprint density at radius 2 is 1.85 bits per heavy atom. The first kappa shape index (κ1) is 23.0. The van der Waals surface area contributed by atoms with Crippen LogP contribution in [-0.4, -0.2) is 29.1 Å². The Labute approximate surface area is 200 Å². The lowest BCUT2D eigenvalue weighted by atomic mass is 10.1. The minimum absolute atomic E-state index is 0.103. The summed E-state index contributed by atoms with van der Waals surface area (Å²) in [6.45, 7) is 0. The van der Waals surface area contributed by atoms with E-state index in [4.69, 9.17) is 9.26 Å². The Morgan fingerprint density at radius 3 is 2.62 bits per heavy atom. The number of benzene rings is 2. The van der Waals surface area contributed by atoms with Crippen molar-refractivity contribution in [2.45, 2.75) is 19.3 Å². The van der Waals surface area contributed by atoms with Crippen molar-refractivity contribution in [3.8, 4) is 22.5 Å². The van der Waals surface area contributed by atoms with Crippen molar-refractivity contribution in [3.63, 3.8) is 0 Å². The number of aryl methyl sites for hydroxylation is 1. The molecule has 0 atom stereocenters. The summed E-state index contributed by atoms with van der Waals surface area (Å²) in [5.74, 6) is 6.67. The number of rotatable bonds is 7. The van der Waals surface area contributed by atoms with Crippen LogP contribution >= 0.6 is 11.3 Å². The summed E-state index contributed by atoms with van der Waals surface area (Å²) in [6.07, 6.45) is 1.45. The first-order valence-electron chi connectivity index (χ1n) is 10.6. The summed E-state index contributed by atoms with van der Waals surface area (Å²) in [5, 5.41) is 8.83. The number of nitrogens with zero attached hydrogens (tertiary/aromatic N) is 2. The fraction of sp³-hybridized carbons (Fsp3) is 0.154. The number of amides is 1. The number of hydrogen-bond donors (Lipinski definition) is 1. The second kappa shape index (κ2) is 11.1. The molecule has 8 heteroatoms. The predicted octanol–water partition coefficient (Wildman–Crippen LogP) is 4.95. The molecule has 4 rings (SSSR count). The molecule has 4 aromatic rings. The maximum Gasteiger partial charge on any atom is 0.337 e. The maximum atomic E-state index is 12.4. The molecule has 170 valence electrons. The molecule has 0 aliphatic heterocycles. The number of ether oxygens (including phenoxy) is 1. The van der Waals surface area contributed by atoms with E-state index < -0.39 is 5.97 Å². The molecule has 2 heterocycles. The van der Waals surface area contributed by atoms with Gasteiger partial charge in [-0.05, 0) is 54.3 Å². The summed E-state index contributed by atoms with van der Waals surface area (Å²) in [4.78, 5) is 29.4. The van der Waals surface area contributed by atoms with Crippen molar-refractivity contribution < 1.29 is 18.8 Å². The normalized spacial score (nSPS) is 10.3. The van der Waals surface area contributed by atoms with E-state index in [0.29, 0.717) is 47.8 Å². The topological polar surface area (TPSA) is 94.3 Å². The first-order valence-corrected chi connectivity index (χ1v) is 11.5. The van der Waals surface area contributed by atoms with Gasteiger partial charge < -0.3 is 14.6 Å². The van der Waals surface area contributed by atoms with Crippen molar-refractivity contribution in [3.05, 3.63) is 88.6 Å². The summed E-state index contributed by atoms with van der Waals surface area (Å²) < 4.78 is 10.0. The molecule has 1 amide bonds. The predicted molar refractivity (Wildman–Crippen MR) is 129 cm³/mol. The number of esters is 1. The molecule has 0 saturated heterocycles. The molecule has 0 bridgehead atoms. The Bertz CT molecular complexity index is 1350. The number of anilines is 1. The molecule has 0 aliphatic rings.